The molecule has 0 aromatic carbocycles. The molecule has 5 aliphatic carbocycles. The van der Waals surface area contributed by atoms with Crippen LogP contribution in [0.1, 0.15) is 71.6 Å². The Morgan fingerprint density at radius 3 is 2.62 bits per heavy atom. The smallest absolute Gasteiger partial charge is 0.406 e. The number of carbonyl (C=O) groups is 1. The first-order valence-corrected chi connectivity index (χ1v) is 14.6. The first-order valence-electron chi connectivity index (χ1n) is 14.6. The van der Waals surface area contributed by atoms with Crippen LogP contribution in [0.15, 0.2) is 29.1 Å². The molecule has 0 aromatic rings. The van der Waals surface area contributed by atoms with E-state index in [2.05, 4.69) is 22.2 Å². The number of hydrogen-bond acceptors (Lipinski definition) is 7. The molecular weight excluding hydrogens is 523 g/mol. The first kappa shape index (κ1) is 29.3. The number of fused-ring (bicyclic) bond motifs is 5. The van der Waals surface area contributed by atoms with Crippen LogP contribution >= 0.6 is 0 Å². The largest absolute Gasteiger partial charge is 0.573 e. The number of rotatable bonds is 7. The van der Waals surface area contributed by atoms with Crippen LogP contribution in [0.3, 0.4) is 0 Å². The van der Waals surface area contributed by atoms with Crippen molar-refractivity contribution in [1.82, 2.24) is 5.43 Å². The minimum absolute atomic E-state index is 0.0165. The molecule has 0 saturated heterocycles. The summed E-state index contributed by atoms with van der Waals surface area (Å²) in [5, 5.41) is 22.8. The molecule has 222 valence electrons. The summed E-state index contributed by atoms with van der Waals surface area (Å²) in [5.74, 6) is 1.53. The number of hydrazone groups is 1. The van der Waals surface area contributed by atoms with E-state index in [0.717, 1.165) is 76.5 Å². The molecule has 5 rings (SSSR count). The molecule has 0 heterocycles. The molecule has 0 aromatic heterocycles. The van der Waals surface area contributed by atoms with Crippen LogP contribution in [-0.2, 0) is 14.3 Å². The van der Waals surface area contributed by atoms with E-state index in [1.165, 1.54) is 6.08 Å². The lowest BCUT2D eigenvalue weighted by Gasteiger charge is -2.62. The lowest BCUT2D eigenvalue weighted by atomic mass is 9.43. The Labute approximate surface area is 234 Å². The van der Waals surface area contributed by atoms with Gasteiger partial charge in [-0.2, -0.15) is 5.10 Å². The van der Waals surface area contributed by atoms with Crippen LogP contribution in [0.25, 0.3) is 0 Å². The average molecular weight is 566 g/mol. The minimum Gasteiger partial charge on any atom is -0.406 e. The zero-order valence-electron chi connectivity index (χ0n) is 23.7. The van der Waals surface area contributed by atoms with Gasteiger partial charge in [0, 0.05) is 19.1 Å². The fourth-order valence-electron chi connectivity index (χ4n) is 9.44. The molecule has 0 unspecified atom stereocenters. The fraction of sp³-hybridized carbons (Fsp3) is 0.767. The van der Waals surface area contributed by atoms with Crippen LogP contribution in [0, 0.1) is 45.8 Å². The number of allylic oxidation sites excluding steroid dienone is 3. The Bertz CT molecular complexity index is 1120. The third-order valence-corrected chi connectivity index (χ3v) is 11.1. The molecule has 4 fully saturated rings. The summed E-state index contributed by atoms with van der Waals surface area (Å²) in [6.07, 6.45) is 7.21. The molecule has 10 heteroatoms. The second-order valence-corrected chi connectivity index (χ2v) is 13.3. The van der Waals surface area contributed by atoms with Crippen molar-refractivity contribution in [3.8, 4) is 0 Å². The minimum atomic E-state index is -4.84. The molecule has 7 nitrogen and oxygen atoms in total. The number of ketones is 1. The molecule has 5 aliphatic rings. The molecule has 8 atom stereocenters. The topological polar surface area (TPSA) is 104 Å². The van der Waals surface area contributed by atoms with Gasteiger partial charge < -0.3 is 20.0 Å². The highest BCUT2D eigenvalue weighted by Crippen LogP contribution is 2.68. The van der Waals surface area contributed by atoms with E-state index < -0.39 is 17.7 Å². The Hall–Kier alpha value is -2.20. The molecule has 3 N–H and O–H groups in total. The van der Waals surface area contributed by atoms with Gasteiger partial charge in [-0.25, -0.2) is 0 Å². The highest BCUT2D eigenvalue weighted by atomic mass is 19.4. The van der Waals surface area contributed by atoms with Crippen LogP contribution in [0.4, 0.5) is 13.2 Å². The third kappa shape index (κ3) is 5.38. The zero-order valence-corrected chi connectivity index (χ0v) is 23.7. The van der Waals surface area contributed by atoms with E-state index in [4.69, 9.17) is 10.1 Å². The van der Waals surface area contributed by atoms with Crippen molar-refractivity contribution < 1.29 is 32.5 Å². The number of carbonyl (C=O) groups excluding carboxylic acids is 1. The SMILES string of the molecule is COC[C@]12CC[C@@](C)(O)C[C@@H]1CC[C@H]1[C@@H]3CC[C@H](C(=O)CN/N=C4/C=C(OC(F)(F)F)C=CC4=N)[C@@]3(C)CC[C@@H]12. The van der Waals surface area contributed by atoms with E-state index in [9.17, 15) is 23.1 Å². The second-order valence-electron chi connectivity index (χ2n) is 13.3. The van der Waals surface area contributed by atoms with Crippen molar-refractivity contribution in [1.29, 1.82) is 5.41 Å². The maximum absolute atomic E-state index is 13.5. The molecule has 0 aliphatic heterocycles. The summed E-state index contributed by atoms with van der Waals surface area (Å²) in [5.41, 5.74) is 2.04. The summed E-state index contributed by atoms with van der Waals surface area (Å²) >= 11 is 0. The lowest BCUT2D eigenvalue weighted by Crippen LogP contribution is -2.58. The van der Waals surface area contributed by atoms with Crippen LogP contribution in [0.2, 0.25) is 0 Å². The maximum atomic E-state index is 13.5. The monoisotopic (exact) mass is 565 g/mol. The third-order valence-electron chi connectivity index (χ3n) is 11.1. The quantitative estimate of drug-likeness (QED) is 0.278. The second kappa shape index (κ2) is 10.6. The van der Waals surface area contributed by atoms with Gasteiger partial charge in [0.25, 0.3) is 0 Å². The number of nitrogens with one attached hydrogen (secondary N) is 2. The number of halogens is 3. The van der Waals surface area contributed by atoms with E-state index in [0.29, 0.717) is 23.7 Å². The number of alkyl halides is 3. The van der Waals surface area contributed by atoms with Gasteiger partial charge in [-0.15, -0.1) is 13.2 Å². The van der Waals surface area contributed by atoms with E-state index in [1.54, 1.807) is 7.11 Å². The maximum Gasteiger partial charge on any atom is 0.573 e. The Morgan fingerprint density at radius 2 is 1.90 bits per heavy atom. The van der Waals surface area contributed by atoms with Gasteiger partial charge >= 0.3 is 6.36 Å². The van der Waals surface area contributed by atoms with Gasteiger partial charge in [-0.1, -0.05) is 6.92 Å². The zero-order chi connectivity index (χ0) is 28.9. The van der Waals surface area contributed by atoms with Gasteiger partial charge in [0.15, 0.2) is 5.78 Å². The van der Waals surface area contributed by atoms with E-state index in [-0.39, 0.29) is 40.5 Å². The summed E-state index contributed by atoms with van der Waals surface area (Å²) in [4.78, 5) is 13.5. The number of methoxy groups -OCH3 is 1. The average Bonchev–Trinajstić information content (AvgIpc) is 3.22. The summed E-state index contributed by atoms with van der Waals surface area (Å²) in [7, 11) is 1.79. The van der Waals surface area contributed by atoms with Gasteiger partial charge in [0.05, 0.1) is 24.5 Å². The number of Topliss-reactive ketones (excluding diaryl/α,β-unsaturated/α-hetero) is 1. The van der Waals surface area contributed by atoms with E-state index >= 15 is 0 Å². The van der Waals surface area contributed by atoms with Crippen LogP contribution < -0.4 is 5.43 Å². The Morgan fingerprint density at radius 1 is 1.12 bits per heavy atom. The highest BCUT2D eigenvalue weighted by Gasteiger charge is 2.63. The number of aliphatic hydroxyl groups is 1. The van der Waals surface area contributed by atoms with Crippen molar-refractivity contribution >= 4 is 17.2 Å². The van der Waals surface area contributed by atoms with Crippen molar-refractivity contribution in [2.75, 3.05) is 20.3 Å². The number of hydrogen-bond donors (Lipinski definition) is 3. The molecule has 40 heavy (non-hydrogen) atoms. The predicted molar refractivity (Wildman–Crippen MR) is 145 cm³/mol. The number of ether oxygens (including phenoxy) is 2. The predicted octanol–water partition coefficient (Wildman–Crippen LogP) is 5.55. The van der Waals surface area contributed by atoms with E-state index in [1.807, 2.05) is 6.92 Å². The van der Waals surface area contributed by atoms with Crippen LogP contribution in [0.5, 0.6) is 0 Å². The van der Waals surface area contributed by atoms with Crippen molar-refractivity contribution in [2.45, 2.75) is 83.6 Å². The molecule has 0 radical (unpaired) electrons. The number of nitrogens with zero attached hydrogens (tertiary/aromatic N) is 1. The van der Waals surface area contributed by atoms with Crippen LogP contribution in [-0.4, -0.2) is 54.5 Å². The lowest BCUT2D eigenvalue weighted by molar-refractivity contribution is -0.303. The van der Waals surface area contributed by atoms with Gasteiger partial charge in [0.1, 0.15) is 11.5 Å². The fourth-order valence-corrected chi connectivity index (χ4v) is 9.44. The normalized spacial score (nSPS) is 42.1. The van der Waals surface area contributed by atoms with Gasteiger partial charge in [-0.05, 0) is 111 Å². The standard InChI is InChI=1S/C30H42F3N3O4/c1-27(38)12-13-29(17-39-3)18(15-27)4-6-20-21-7-8-23(28(21,2)11-10-22(20)29)26(37)16-35-36-25-14-19(5-9-24(25)34)40-30(31,32)33/h5,9,14,18,20-23,34-35,38H,4,6-8,10-13,15-17H2,1-3H3/b34-24?,36-25-/t18-,20-,21-,22-,23+,27+,28-,29+/m0/s1. The van der Waals surface area contributed by atoms with Gasteiger partial charge in [0.2, 0.25) is 0 Å². The molecular formula is C30H42F3N3O4. The Kier molecular flexibility index (Phi) is 7.74. The summed E-state index contributed by atoms with van der Waals surface area (Å²) in [6, 6.07) is 0. The van der Waals surface area contributed by atoms with Crippen molar-refractivity contribution in [3.05, 3.63) is 24.0 Å². The molecule has 4 saturated carbocycles. The molecule has 0 spiro atoms. The molecule has 0 amide bonds. The van der Waals surface area contributed by atoms with Crippen molar-refractivity contribution in [3.63, 3.8) is 0 Å². The first-order chi connectivity index (χ1) is 18.8. The summed E-state index contributed by atoms with van der Waals surface area (Å²) in [6.45, 7) is 4.95. The van der Waals surface area contributed by atoms with Gasteiger partial charge in [-0.3, -0.25) is 10.2 Å². The van der Waals surface area contributed by atoms with Crippen molar-refractivity contribution in [2.24, 2.45) is 45.5 Å². The Balaban J connectivity index is 1.26. The highest BCUT2D eigenvalue weighted by molar-refractivity contribution is 6.50. The summed E-state index contributed by atoms with van der Waals surface area (Å²) < 4.78 is 47.5. The molecule has 0 bridgehead atoms.